The summed E-state index contributed by atoms with van der Waals surface area (Å²) >= 11 is 3.35. The van der Waals surface area contributed by atoms with E-state index in [0.29, 0.717) is 23.5 Å². The van der Waals surface area contributed by atoms with Gasteiger partial charge in [-0.2, -0.15) is 5.10 Å². The lowest BCUT2D eigenvalue weighted by Gasteiger charge is -2.09. The average molecular weight is 391 g/mol. The number of phenols is 1. The average Bonchev–Trinajstić information content (AvgIpc) is 2.54. The quantitative estimate of drug-likeness (QED) is 0.599. The van der Waals surface area contributed by atoms with Gasteiger partial charge in [-0.15, -0.1) is 0 Å². The predicted molar refractivity (Wildman–Crippen MR) is 98.0 cm³/mol. The third-order valence-corrected chi connectivity index (χ3v) is 4.05. The number of phenolic OH excluding ortho intramolecular Hbond substituents is 1. The number of hydrazone groups is 1. The number of carbonyl (C=O) groups is 1. The topological polar surface area (TPSA) is 70.9 Å². The van der Waals surface area contributed by atoms with E-state index in [1.54, 1.807) is 18.2 Å². The van der Waals surface area contributed by atoms with E-state index in [9.17, 15) is 9.90 Å². The summed E-state index contributed by atoms with van der Waals surface area (Å²) in [7, 11) is 0. The molecule has 2 N–H and O–H groups in total. The number of nitrogens with one attached hydrogen (secondary N) is 1. The molecule has 0 radical (unpaired) electrons. The SMILES string of the molecule is CCOc1cc(Br)cc(C=NNC(=O)c2cccc(C)c2C)c1O. The third kappa shape index (κ3) is 4.14. The Hall–Kier alpha value is -2.34. The molecular weight excluding hydrogens is 372 g/mol. The molecule has 2 aromatic carbocycles. The largest absolute Gasteiger partial charge is 0.504 e. The number of aryl methyl sites for hydroxylation is 1. The molecule has 0 aliphatic heterocycles. The van der Waals surface area contributed by atoms with E-state index < -0.39 is 0 Å². The van der Waals surface area contributed by atoms with E-state index in [4.69, 9.17) is 4.74 Å². The molecular formula is C18H19BrN2O3. The normalized spacial score (nSPS) is 10.8. The molecule has 6 heteroatoms. The standard InChI is InChI=1S/C18H19BrN2O3/c1-4-24-16-9-14(19)8-13(17(16)22)10-20-21-18(23)15-7-5-6-11(2)12(15)3/h5-10,22H,4H2,1-3H3,(H,21,23). The highest BCUT2D eigenvalue weighted by Crippen LogP contribution is 2.32. The number of hydrogen-bond donors (Lipinski definition) is 2. The van der Waals surface area contributed by atoms with Crippen LogP contribution in [0.15, 0.2) is 39.9 Å². The van der Waals surface area contributed by atoms with Gasteiger partial charge in [0.15, 0.2) is 11.5 Å². The zero-order valence-electron chi connectivity index (χ0n) is 13.8. The maximum absolute atomic E-state index is 12.2. The van der Waals surface area contributed by atoms with Gasteiger partial charge in [0.1, 0.15) is 0 Å². The Balaban J connectivity index is 2.17. The van der Waals surface area contributed by atoms with E-state index in [1.807, 2.05) is 32.9 Å². The summed E-state index contributed by atoms with van der Waals surface area (Å²) in [5.41, 5.74) is 5.44. The minimum Gasteiger partial charge on any atom is -0.504 e. The number of rotatable bonds is 5. The molecule has 0 aromatic heterocycles. The van der Waals surface area contributed by atoms with E-state index in [0.717, 1.165) is 15.6 Å². The van der Waals surface area contributed by atoms with Crippen LogP contribution in [0.2, 0.25) is 0 Å². The first-order valence-corrected chi connectivity index (χ1v) is 8.28. The maximum Gasteiger partial charge on any atom is 0.271 e. The van der Waals surface area contributed by atoms with Gasteiger partial charge in [-0.25, -0.2) is 5.43 Å². The van der Waals surface area contributed by atoms with Gasteiger partial charge in [0.05, 0.1) is 12.8 Å². The first-order valence-electron chi connectivity index (χ1n) is 7.49. The second-order valence-electron chi connectivity index (χ2n) is 5.22. The molecule has 0 saturated carbocycles. The molecule has 24 heavy (non-hydrogen) atoms. The van der Waals surface area contributed by atoms with Crippen molar-refractivity contribution in [3.05, 3.63) is 57.1 Å². The van der Waals surface area contributed by atoms with Crippen molar-refractivity contribution in [2.45, 2.75) is 20.8 Å². The molecule has 0 spiro atoms. The Morgan fingerprint density at radius 3 is 2.83 bits per heavy atom. The zero-order chi connectivity index (χ0) is 17.7. The highest BCUT2D eigenvalue weighted by atomic mass is 79.9. The fraction of sp³-hybridized carbons (Fsp3) is 0.222. The number of hydrogen-bond acceptors (Lipinski definition) is 4. The predicted octanol–water partition coefficient (Wildman–Crippen LogP) is 3.93. The second kappa shape index (κ2) is 7.97. The Bertz CT molecular complexity index is 788. The second-order valence-corrected chi connectivity index (χ2v) is 6.14. The molecule has 5 nitrogen and oxygen atoms in total. The molecule has 0 saturated heterocycles. The number of carbonyl (C=O) groups excluding carboxylic acids is 1. The van der Waals surface area contributed by atoms with Crippen LogP contribution in [0.3, 0.4) is 0 Å². The van der Waals surface area contributed by atoms with Crippen LogP contribution in [0.25, 0.3) is 0 Å². The van der Waals surface area contributed by atoms with Crippen LogP contribution < -0.4 is 10.2 Å². The summed E-state index contributed by atoms with van der Waals surface area (Å²) in [5.74, 6) is 0.0333. The monoisotopic (exact) mass is 390 g/mol. The maximum atomic E-state index is 12.2. The first kappa shape index (κ1) is 18.0. The molecule has 1 amide bonds. The van der Waals surface area contributed by atoms with Crippen molar-refractivity contribution in [1.82, 2.24) is 5.43 Å². The van der Waals surface area contributed by atoms with Gasteiger partial charge in [-0.1, -0.05) is 28.1 Å². The van der Waals surface area contributed by atoms with Crippen LogP contribution in [0.1, 0.15) is 34.0 Å². The molecule has 0 bridgehead atoms. The Kier molecular flexibility index (Phi) is 5.98. The van der Waals surface area contributed by atoms with E-state index in [-0.39, 0.29) is 11.7 Å². The summed E-state index contributed by atoms with van der Waals surface area (Å²) < 4.78 is 6.10. The lowest BCUT2D eigenvalue weighted by atomic mass is 10.0. The van der Waals surface area contributed by atoms with Crippen LogP contribution in [0.4, 0.5) is 0 Å². The molecule has 0 fully saturated rings. The van der Waals surface area contributed by atoms with Crippen LogP contribution in [0.5, 0.6) is 11.5 Å². The lowest BCUT2D eigenvalue weighted by Crippen LogP contribution is -2.19. The van der Waals surface area contributed by atoms with Gasteiger partial charge in [-0.3, -0.25) is 4.79 Å². The summed E-state index contributed by atoms with van der Waals surface area (Å²) in [5, 5.41) is 14.1. The molecule has 0 aliphatic rings. The highest BCUT2D eigenvalue weighted by molar-refractivity contribution is 9.10. The van der Waals surface area contributed by atoms with Crippen molar-refractivity contribution < 1.29 is 14.6 Å². The van der Waals surface area contributed by atoms with Crippen molar-refractivity contribution >= 4 is 28.1 Å². The Morgan fingerprint density at radius 1 is 1.38 bits per heavy atom. The van der Waals surface area contributed by atoms with Gasteiger partial charge in [0, 0.05) is 15.6 Å². The lowest BCUT2D eigenvalue weighted by molar-refractivity contribution is 0.0954. The summed E-state index contributed by atoms with van der Waals surface area (Å²) in [6, 6.07) is 8.88. The van der Waals surface area contributed by atoms with Gasteiger partial charge in [0.2, 0.25) is 0 Å². The number of amides is 1. The zero-order valence-corrected chi connectivity index (χ0v) is 15.3. The number of ether oxygens (including phenoxy) is 1. The number of halogens is 1. The Morgan fingerprint density at radius 2 is 2.12 bits per heavy atom. The molecule has 0 atom stereocenters. The third-order valence-electron chi connectivity index (χ3n) is 3.59. The number of aromatic hydroxyl groups is 1. The van der Waals surface area contributed by atoms with Crippen LogP contribution >= 0.6 is 15.9 Å². The molecule has 0 aliphatic carbocycles. The first-order chi connectivity index (χ1) is 11.4. The van der Waals surface area contributed by atoms with Gasteiger partial charge in [0.25, 0.3) is 5.91 Å². The van der Waals surface area contributed by atoms with E-state index in [1.165, 1.54) is 6.21 Å². The van der Waals surface area contributed by atoms with Crippen molar-refractivity contribution in [3.8, 4) is 11.5 Å². The summed E-state index contributed by atoms with van der Waals surface area (Å²) in [6.07, 6.45) is 1.38. The van der Waals surface area contributed by atoms with Crippen molar-refractivity contribution in [1.29, 1.82) is 0 Å². The molecule has 126 valence electrons. The van der Waals surface area contributed by atoms with Crippen molar-refractivity contribution in [2.24, 2.45) is 5.10 Å². The molecule has 2 rings (SSSR count). The summed E-state index contributed by atoms with van der Waals surface area (Å²) in [4.78, 5) is 12.2. The number of benzene rings is 2. The minimum atomic E-state index is -0.299. The van der Waals surface area contributed by atoms with E-state index in [2.05, 4.69) is 26.5 Å². The minimum absolute atomic E-state index is 0.0233. The molecule has 2 aromatic rings. The molecule has 0 unspecified atom stereocenters. The smallest absolute Gasteiger partial charge is 0.271 e. The fourth-order valence-electron chi connectivity index (χ4n) is 2.18. The van der Waals surface area contributed by atoms with Crippen molar-refractivity contribution in [2.75, 3.05) is 6.61 Å². The van der Waals surface area contributed by atoms with E-state index >= 15 is 0 Å². The number of nitrogens with zero attached hydrogens (tertiary/aromatic N) is 1. The fourth-order valence-corrected chi connectivity index (χ4v) is 2.63. The van der Waals surface area contributed by atoms with Gasteiger partial charge >= 0.3 is 0 Å². The highest BCUT2D eigenvalue weighted by Gasteiger charge is 2.11. The van der Waals surface area contributed by atoms with Crippen molar-refractivity contribution in [3.63, 3.8) is 0 Å². The van der Waals surface area contributed by atoms with Gasteiger partial charge < -0.3 is 9.84 Å². The van der Waals surface area contributed by atoms with Crippen LogP contribution in [-0.4, -0.2) is 23.8 Å². The molecule has 0 heterocycles. The van der Waals surface area contributed by atoms with Gasteiger partial charge in [-0.05, 0) is 50.1 Å². The van der Waals surface area contributed by atoms with Crippen LogP contribution in [0, 0.1) is 13.8 Å². The van der Waals surface area contributed by atoms with Crippen LogP contribution in [-0.2, 0) is 0 Å². The Labute approximate surface area is 149 Å². The summed E-state index contributed by atoms with van der Waals surface area (Å²) in [6.45, 7) is 6.11.